The van der Waals surface area contributed by atoms with Crippen LogP contribution in [0.4, 0.5) is 0 Å². The summed E-state index contributed by atoms with van der Waals surface area (Å²) in [6.45, 7) is 9.13. The highest BCUT2D eigenvalue weighted by Gasteiger charge is 2.29. The monoisotopic (exact) mass is 281 g/mol. The molecule has 1 aromatic rings. The fraction of sp³-hybridized carbons (Fsp3) is 0.786. The van der Waals surface area contributed by atoms with Gasteiger partial charge in [0.15, 0.2) is 0 Å². The van der Waals surface area contributed by atoms with Gasteiger partial charge >= 0.3 is 0 Å². The van der Waals surface area contributed by atoms with Gasteiger partial charge in [0.25, 0.3) is 0 Å². The molecule has 1 aliphatic heterocycles. The standard InChI is InChI=1S/C14H27N5O/c1-10(2)19-5-6-20-14(9-19)13(16-15)8-12-7-11(3)17-18(12)4/h7,10,13-14,16H,5-6,8-9,15H2,1-4H3. The third kappa shape index (κ3) is 3.58. The van der Waals surface area contributed by atoms with Gasteiger partial charge in [0.2, 0.25) is 0 Å². The Kier molecular flexibility index (Phi) is 5.15. The molecule has 6 nitrogen and oxygen atoms in total. The molecule has 0 amide bonds. The van der Waals surface area contributed by atoms with Gasteiger partial charge in [-0.15, -0.1) is 0 Å². The molecule has 0 radical (unpaired) electrons. The smallest absolute Gasteiger partial charge is 0.0872 e. The fourth-order valence-electron chi connectivity index (χ4n) is 2.79. The molecule has 114 valence electrons. The first-order chi connectivity index (χ1) is 9.51. The molecule has 20 heavy (non-hydrogen) atoms. The van der Waals surface area contributed by atoms with Gasteiger partial charge in [-0.25, -0.2) is 0 Å². The van der Waals surface area contributed by atoms with Crippen molar-refractivity contribution in [1.29, 1.82) is 0 Å². The quantitative estimate of drug-likeness (QED) is 0.596. The molecule has 2 atom stereocenters. The number of hydrogen-bond acceptors (Lipinski definition) is 5. The highest BCUT2D eigenvalue weighted by Crippen LogP contribution is 2.15. The van der Waals surface area contributed by atoms with Crippen molar-refractivity contribution in [2.24, 2.45) is 12.9 Å². The van der Waals surface area contributed by atoms with Gasteiger partial charge in [-0.05, 0) is 26.8 Å². The van der Waals surface area contributed by atoms with E-state index in [1.807, 2.05) is 18.7 Å². The summed E-state index contributed by atoms with van der Waals surface area (Å²) in [4.78, 5) is 2.44. The topological polar surface area (TPSA) is 68.3 Å². The third-order valence-corrected chi connectivity index (χ3v) is 4.05. The average Bonchev–Trinajstić information content (AvgIpc) is 2.74. The van der Waals surface area contributed by atoms with Crippen LogP contribution in [0.2, 0.25) is 0 Å². The second-order valence-corrected chi connectivity index (χ2v) is 5.88. The van der Waals surface area contributed by atoms with Crippen LogP contribution < -0.4 is 11.3 Å². The van der Waals surface area contributed by atoms with Gasteiger partial charge in [-0.1, -0.05) is 0 Å². The lowest BCUT2D eigenvalue weighted by molar-refractivity contribution is -0.0554. The predicted molar refractivity (Wildman–Crippen MR) is 79.2 cm³/mol. The largest absolute Gasteiger partial charge is 0.374 e. The molecule has 1 aliphatic rings. The van der Waals surface area contributed by atoms with Crippen LogP contribution >= 0.6 is 0 Å². The summed E-state index contributed by atoms with van der Waals surface area (Å²) in [7, 11) is 1.97. The van der Waals surface area contributed by atoms with Gasteiger partial charge < -0.3 is 4.74 Å². The van der Waals surface area contributed by atoms with E-state index in [-0.39, 0.29) is 12.1 Å². The van der Waals surface area contributed by atoms with E-state index in [1.54, 1.807) is 0 Å². The Morgan fingerprint density at radius 3 is 2.85 bits per heavy atom. The number of morpholine rings is 1. The number of hydrazine groups is 1. The van der Waals surface area contributed by atoms with Crippen LogP contribution in [0.15, 0.2) is 6.07 Å². The lowest BCUT2D eigenvalue weighted by Crippen LogP contribution is -2.56. The zero-order valence-electron chi connectivity index (χ0n) is 13.0. The summed E-state index contributed by atoms with van der Waals surface area (Å²) in [5, 5.41) is 4.38. The summed E-state index contributed by atoms with van der Waals surface area (Å²) in [6.07, 6.45) is 0.941. The maximum absolute atomic E-state index is 5.92. The summed E-state index contributed by atoms with van der Waals surface area (Å²) < 4.78 is 7.84. The highest BCUT2D eigenvalue weighted by molar-refractivity contribution is 5.10. The minimum absolute atomic E-state index is 0.103. The lowest BCUT2D eigenvalue weighted by Gasteiger charge is -2.38. The molecule has 2 rings (SSSR count). The number of nitrogens with zero attached hydrogens (tertiary/aromatic N) is 3. The molecule has 1 saturated heterocycles. The van der Waals surface area contributed by atoms with Crippen molar-refractivity contribution in [3.63, 3.8) is 0 Å². The van der Waals surface area contributed by atoms with E-state index in [0.717, 1.165) is 31.8 Å². The maximum Gasteiger partial charge on any atom is 0.0872 e. The van der Waals surface area contributed by atoms with Gasteiger partial charge in [-0.2, -0.15) is 5.10 Å². The molecule has 3 N–H and O–H groups in total. The summed E-state index contributed by atoms with van der Waals surface area (Å²) >= 11 is 0. The third-order valence-electron chi connectivity index (χ3n) is 4.05. The first kappa shape index (κ1) is 15.4. The van der Waals surface area contributed by atoms with E-state index >= 15 is 0 Å². The van der Waals surface area contributed by atoms with Crippen molar-refractivity contribution in [1.82, 2.24) is 20.1 Å². The lowest BCUT2D eigenvalue weighted by atomic mass is 10.0. The van der Waals surface area contributed by atoms with E-state index in [0.29, 0.717) is 6.04 Å². The average molecular weight is 281 g/mol. The van der Waals surface area contributed by atoms with Gasteiger partial charge in [0.05, 0.1) is 24.4 Å². The van der Waals surface area contributed by atoms with Crippen LogP contribution in [0.5, 0.6) is 0 Å². The van der Waals surface area contributed by atoms with Crippen LogP contribution in [0.3, 0.4) is 0 Å². The summed E-state index contributed by atoms with van der Waals surface area (Å²) in [5.41, 5.74) is 5.13. The molecular formula is C14H27N5O. The Labute approximate surface area is 121 Å². The van der Waals surface area contributed by atoms with Crippen LogP contribution in [-0.2, 0) is 18.2 Å². The molecule has 2 unspecified atom stereocenters. The van der Waals surface area contributed by atoms with E-state index in [2.05, 4.69) is 35.3 Å². The fourth-order valence-corrected chi connectivity index (χ4v) is 2.79. The van der Waals surface area contributed by atoms with Crippen molar-refractivity contribution in [2.75, 3.05) is 19.7 Å². The van der Waals surface area contributed by atoms with E-state index < -0.39 is 0 Å². The molecule has 0 aromatic carbocycles. The molecule has 1 aromatic heterocycles. The molecule has 0 saturated carbocycles. The maximum atomic E-state index is 5.92. The van der Waals surface area contributed by atoms with Crippen LogP contribution in [0.25, 0.3) is 0 Å². The summed E-state index contributed by atoms with van der Waals surface area (Å²) in [6, 6.07) is 2.75. The number of rotatable bonds is 5. The first-order valence-electron chi connectivity index (χ1n) is 7.32. The zero-order valence-corrected chi connectivity index (χ0v) is 13.0. The normalized spacial score (nSPS) is 22.4. The molecule has 1 fully saturated rings. The Hall–Kier alpha value is -0.950. The van der Waals surface area contributed by atoms with Gasteiger partial charge in [0, 0.05) is 38.3 Å². The Morgan fingerprint density at radius 1 is 1.55 bits per heavy atom. The van der Waals surface area contributed by atoms with E-state index in [1.165, 1.54) is 5.69 Å². The van der Waals surface area contributed by atoms with Crippen molar-refractivity contribution in [2.45, 2.75) is 45.4 Å². The van der Waals surface area contributed by atoms with Crippen LogP contribution in [0, 0.1) is 6.92 Å². The van der Waals surface area contributed by atoms with Gasteiger partial charge in [0.1, 0.15) is 0 Å². The number of ether oxygens (including phenoxy) is 1. The molecule has 2 heterocycles. The molecule has 0 aliphatic carbocycles. The minimum Gasteiger partial charge on any atom is -0.374 e. The van der Waals surface area contributed by atoms with E-state index in [9.17, 15) is 0 Å². The highest BCUT2D eigenvalue weighted by atomic mass is 16.5. The molecule has 0 bridgehead atoms. The zero-order chi connectivity index (χ0) is 14.7. The predicted octanol–water partition coefficient (Wildman–Crippen LogP) is 0.212. The Balaban J connectivity index is 2.02. The first-order valence-corrected chi connectivity index (χ1v) is 7.32. The number of hydrogen-bond donors (Lipinski definition) is 2. The number of nitrogens with one attached hydrogen (secondary N) is 1. The number of aryl methyl sites for hydroxylation is 2. The Morgan fingerprint density at radius 2 is 2.30 bits per heavy atom. The molecular weight excluding hydrogens is 254 g/mol. The van der Waals surface area contributed by atoms with E-state index in [4.69, 9.17) is 10.6 Å². The van der Waals surface area contributed by atoms with Crippen molar-refractivity contribution in [3.05, 3.63) is 17.5 Å². The van der Waals surface area contributed by atoms with Gasteiger partial charge in [-0.3, -0.25) is 20.9 Å². The minimum atomic E-state index is 0.103. The Bertz CT molecular complexity index is 431. The van der Waals surface area contributed by atoms with Crippen molar-refractivity contribution in [3.8, 4) is 0 Å². The number of nitrogens with two attached hydrogens (primary N) is 1. The molecule has 0 spiro atoms. The van der Waals surface area contributed by atoms with Crippen LogP contribution in [-0.4, -0.2) is 52.6 Å². The van der Waals surface area contributed by atoms with Crippen LogP contribution in [0.1, 0.15) is 25.2 Å². The SMILES string of the molecule is Cc1cc(CC(NN)C2CN(C(C)C)CCO2)n(C)n1. The second-order valence-electron chi connectivity index (χ2n) is 5.88. The van der Waals surface area contributed by atoms with Crippen molar-refractivity contribution < 1.29 is 4.74 Å². The number of aromatic nitrogens is 2. The summed E-state index contributed by atoms with van der Waals surface area (Å²) in [5.74, 6) is 5.75. The van der Waals surface area contributed by atoms with Crippen molar-refractivity contribution >= 4 is 0 Å². The second kappa shape index (κ2) is 6.67. The molecule has 6 heteroatoms.